The Morgan fingerprint density at radius 3 is 2.49 bits per heavy atom. The number of anilines is 3. The zero-order valence-electron chi connectivity index (χ0n) is 23.9. The first kappa shape index (κ1) is 28.2. The topological polar surface area (TPSA) is 104 Å². The fraction of sp³-hybridized carbons (Fsp3) is 0.273. The molecule has 0 bridgehead atoms. The zero-order valence-corrected chi connectivity index (χ0v) is 25.4. The van der Waals surface area contributed by atoms with Gasteiger partial charge in [0.1, 0.15) is 17.6 Å². The highest BCUT2D eigenvalue weighted by molar-refractivity contribution is 6.36. The molecule has 3 aromatic carbocycles. The maximum Gasteiger partial charge on any atom is 0.141 e. The number of aromatic nitrogens is 4. The quantitative estimate of drug-likeness (QED) is 0.196. The molecule has 8 rings (SSSR count). The van der Waals surface area contributed by atoms with E-state index in [0.717, 1.165) is 37.6 Å². The van der Waals surface area contributed by atoms with Crippen molar-refractivity contribution in [3.63, 3.8) is 0 Å². The number of ether oxygens (including phenoxy) is 1. The lowest BCUT2D eigenvalue weighted by molar-refractivity contribution is -0.0617. The molecule has 3 aliphatic rings. The second-order valence-electron chi connectivity index (χ2n) is 11.8. The van der Waals surface area contributed by atoms with Crippen molar-refractivity contribution in [3.05, 3.63) is 106 Å². The van der Waals surface area contributed by atoms with Gasteiger partial charge in [0.15, 0.2) is 0 Å². The van der Waals surface area contributed by atoms with Crippen LogP contribution in [-0.2, 0) is 4.74 Å². The van der Waals surface area contributed by atoms with Crippen LogP contribution in [0.1, 0.15) is 28.9 Å². The molecule has 2 N–H and O–H groups in total. The highest BCUT2D eigenvalue weighted by Gasteiger charge is 2.58. The molecule has 226 valence electrons. The van der Waals surface area contributed by atoms with Gasteiger partial charge in [-0.3, -0.25) is 9.88 Å². The van der Waals surface area contributed by atoms with Gasteiger partial charge < -0.3 is 15.4 Å². The molecular weight excluding hydrogens is 614 g/mol. The number of rotatable bonds is 8. The van der Waals surface area contributed by atoms with Crippen molar-refractivity contribution in [2.75, 3.05) is 36.9 Å². The molecular formula is C33H27Cl2FN8O. The highest BCUT2D eigenvalue weighted by atomic mass is 35.5. The molecule has 2 saturated heterocycles. The lowest BCUT2D eigenvalue weighted by atomic mass is 10.0. The first-order valence-electron chi connectivity index (χ1n) is 14.8. The molecule has 2 aromatic heterocycles. The van der Waals surface area contributed by atoms with Gasteiger partial charge in [-0.1, -0.05) is 58.7 Å². The molecule has 2 aliphatic heterocycles. The highest BCUT2D eigenvalue weighted by Crippen LogP contribution is 2.55. The van der Waals surface area contributed by atoms with Gasteiger partial charge in [0.05, 0.1) is 64.3 Å². The molecule has 45 heavy (non-hydrogen) atoms. The fourth-order valence-electron chi connectivity index (χ4n) is 6.64. The van der Waals surface area contributed by atoms with Crippen LogP contribution in [0.15, 0.2) is 73.1 Å². The summed E-state index contributed by atoms with van der Waals surface area (Å²) in [5.74, 6) is 0.647. The second-order valence-corrected chi connectivity index (χ2v) is 12.7. The molecule has 0 amide bonds. The van der Waals surface area contributed by atoms with E-state index in [1.54, 1.807) is 6.07 Å². The fourth-order valence-corrected chi connectivity index (χ4v) is 7.09. The van der Waals surface area contributed by atoms with Crippen molar-refractivity contribution < 1.29 is 9.13 Å². The third kappa shape index (κ3) is 5.16. The van der Waals surface area contributed by atoms with E-state index in [2.05, 4.69) is 36.9 Å². The summed E-state index contributed by atoms with van der Waals surface area (Å²) in [4.78, 5) is 7.01. The standard InChI is InChI=1S/C33H27Cl2FN8O/c34-26-9-20(6-7-28(26)36)39-30-19(11-37)12-38-32-23(30)8-21(10-27(32)35)40-31(18-4-2-1-3-5-18)29-15-44(42-41-29)33-24-13-43(14-25(24)33)22-16-45-17-22/h1-10,12,15,22,24-25,31,33,40H,13-14,16-17H2,(H,38,39)/t24?,25?,31-,33?/m0/s1. The lowest BCUT2D eigenvalue weighted by Crippen LogP contribution is -2.49. The average molecular weight is 642 g/mol. The number of benzene rings is 3. The van der Waals surface area contributed by atoms with Gasteiger partial charge in [0.2, 0.25) is 0 Å². The summed E-state index contributed by atoms with van der Waals surface area (Å²) in [5, 5.41) is 27.0. The Morgan fingerprint density at radius 2 is 1.78 bits per heavy atom. The largest absolute Gasteiger partial charge is 0.378 e. The minimum absolute atomic E-state index is 0.0314. The van der Waals surface area contributed by atoms with E-state index in [1.165, 1.54) is 18.3 Å². The first-order valence-corrected chi connectivity index (χ1v) is 15.5. The molecule has 0 spiro atoms. The first-order chi connectivity index (χ1) is 22.0. The van der Waals surface area contributed by atoms with E-state index < -0.39 is 5.82 Å². The summed E-state index contributed by atoms with van der Waals surface area (Å²) < 4.78 is 21.3. The number of nitriles is 1. The summed E-state index contributed by atoms with van der Waals surface area (Å²) in [7, 11) is 0. The van der Waals surface area contributed by atoms with Gasteiger partial charge in [-0.25, -0.2) is 9.07 Å². The van der Waals surface area contributed by atoms with Gasteiger partial charge >= 0.3 is 0 Å². The minimum Gasteiger partial charge on any atom is -0.378 e. The van der Waals surface area contributed by atoms with Crippen LogP contribution in [0.25, 0.3) is 10.9 Å². The van der Waals surface area contributed by atoms with Crippen LogP contribution in [0.2, 0.25) is 10.0 Å². The van der Waals surface area contributed by atoms with Crippen LogP contribution in [0, 0.1) is 29.0 Å². The zero-order chi connectivity index (χ0) is 30.7. The smallest absolute Gasteiger partial charge is 0.141 e. The van der Waals surface area contributed by atoms with Crippen molar-refractivity contribution in [3.8, 4) is 6.07 Å². The number of hydrogen-bond acceptors (Lipinski definition) is 8. The van der Waals surface area contributed by atoms with E-state index in [9.17, 15) is 9.65 Å². The van der Waals surface area contributed by atoms with Crippen molar-refractivity contribution in [2.24, 2.45) is 11.8 Å². The van der Waals surface area contributed by atoms with Gasteiger partial charge in [-0.15, -0.1) is 5.10 Å². The van der Waals surface area contributed by atoms with Crippen LogP contribution < -0.4 is 10.6 Å². The lowest BCUT2D eigenvalue weighted by Gasteiger charge is -2.35. The second kappa shape index (κ2) is 11.3. The van der Waals surface area contributed by atoms with Crippen LogP contribution >= 0.6 is 23.2 Å². The van der Waals surface area contributed by atoms with E-state index in [4.69, 9.17) is 27.9 Å². The molecule has 3 atom stereocenters. The molecule has 0 radical (unpaired) electrons. The summed E-state index contributed by atoms with van der Waals surface area (Å²) in [6.45, 7) is 3.83. The van der Waals surface area contributed by atoms with Gasteiger partial charge in [-0.05, 0) is 35.9 Å². The Kier molecular flexibility index (Phi) is 7.07. The third-order valence-electron chi connectivity index (χ3n) is 9.12. The summed E-state index contributed by atoms with van der Waals surface area (Å²) in [5.41, 5.74) is 4.33. The molecule has 4 heterocycles. The number of pyridine rings is 1. The maximum absolute atomic E-state index is 13.8. The SMILES string of the molecule is N#Cc1cnc2c(Cl)cc(N[C@@H](c3ccccc3)c3cn(C4C5CN(C6COC6)CC54)nn3)cc2c1Nc1ccc(F)c(Cl)c1. The Hall–Kier alpha value is -4.27. The van der Waals surface area contributed by atoms with Crippen LogP contribution in [0.4, 0.5) is 21.5 Å². The third-order valence-corrected chi connectivity index (χ3v) is 9.70. The van der Waals surface area contributed by atoms with Crippen molar-refractivity contribution in [2.45, 2.75) is 18.1 Å². The van der Waals surface area contributed by atoms with Crippen molar-refractivity contribution in [1.29, 1.82) is 5.26 Å². The van der Waals surface area contributed by atoms with Gasteiger partial charge in [0.25, 0.3) is 0 Å². The summed E-state index contributed by atoms with van der Waals surface area (Å²) >= 11 is 12.8. The molecule has 1 saturated carbocycles. The normalized spacial score (nSPS) is 21.6. The molecule has 9 nitrogen and oxygen atoms in total. The number of halogens is 3. The average Bonchev–Trinajstić information content (AvgIpc) is 3.32. The number of hydrogen-bond donors (Lipinski definition) is 2. The Balaban J connectivity index is 1.12. The van der Waals surface area contributed by atoms with Crippen LogP contribution in [0.5, 0.6) is 0 Å². The van der Waals surface area contributed by atoms with E-state index in [0.29, 0.717) is 62.5 Å². The molecule has 12 heteroatoms. The molecule has 2 unspecified atom stereocenters. The summed E-state index contributed by atoms with van der Waals surface area (Å²) in [6, 6.07) is 20.8. The van der Waals surface area contributed by atoms with Crippen molar-refractivity contribution >= 4 is 51.2 Å². The maximum atomic E-state index is 13.8. The monoisotopic (exact) mass is 640 g/mol. The number of nitrogens with one attached hydrogen (secondary N) is 2. The Labute approximate surface area is 268 Å². The van der Waals surface area contributed by atoms with E-state index in [-0.39, 0.29) is 11.1 Å². The van der Waals surface area contributed by atoms with Gasteiger partial charge in [-0.2, -0.15) is 5.26 Å². The predicted octanol–water partition coefficient (Wildman–Crippen LogP) is 6.59. The number of fused-ring (bicyclic) bond motifs is 2. The van der Waals surface area contributed by atoms with Crippen molar-refractivity contribution in [1.82, 2.24) is 24.9 Å². The Bertz CT molecular complexity index is 1950. The number of likely N-dealkylation sites (tertiary alicyclic amines) is 1. The van der Waals surface area contributed by atoms with Crippen LogP contribution in [-0.4, -0.2) is 57.2 Å². The molecule has 1 aliphatic carbocycles. The summed E-state index contributed by atoms with van der Waals surface area (Å²) in [6.07, 6.45) is 3.51. The van der Waals surface area contributed by atoms with E-state index in [1.807, 2.05) is 53.3 Å². The predicted molar refractivity (Wildman–Crippen MR) is 170 cm³/mol. The molecule has 3 fully saturated rings. The number of nitrogens with zero attached hydrogens (tertiary/aromatic N) is 6. The van der Waals surface area contributed by atoms with Crippen LogP contribution in [0.3, 0.4) is 0 Å². The number of piperidine rings is 1. The van der Waals surface area contributed by atoms with E-state index >= 15 is 0 Å². The molecule has 5 aromatic rings. The van der Waals surface area contributed by atoms with Gasteiger partial charge in [0, 0.05) is 47.9 Å². The Morgan fingerprint density at radius 1 is 1.00 bits per heavy atom. The minimum atomic E-state index is -0.531.